The van der Waals surface area contributed by atoms with E-state index >= 15 is 0 Å². The number of hydrogen-bond acceptors (Lipinski definition) is 3. The molecule has 80 valence electrons. The summed E-state index contributed by atoms with van der Waals surface area (Å²) in [6.07, 6.45) is 3.00. The van der Waals surface area contributed by atoms with Crippen LogP contribution in [0.5, 0.6) is 0 Å². The van der Waals surface area contributed by atoms with Crippen molar-refractivity contribution in [2.24, 2.45) is 5.92 Å². The highest BCUT2D eigenvalue weighted by atomic mass is 16.5. The molecule has 0 amide bonds. The molecule has 14 heavy (non-hydrogen) atoms. The summed E-state index contributed by atoms with van der Waals surface area (Å²) in [7, 11) is 1.86. The molecule has 0 heterocycles. The first-order chi connectivity index (χ1) is 6.62. The zero-order valence-electron chi connectivity index (χ0n) is 9.34. The molecule has 1 fully saturated rings. The molecule has 0 saturated heterocycles. The summed E-state index contributed by atoms with van der Waals surface area (Å²) in [4.78, 5) is 0. The lowest BCUT2D eigenvalue weighted by Crippen LogP contribution is -2.39. The molecule has 0 spiro atoms. The number of nitrogens with one attached hydrogen (secondary N) is 1. The van der Waals surface area contributed by atoms with Crippen LogP contribution in [0.1, 0.15) is 33.1 Å². The highest BCUT2D eigenvalue weighted by molar-refractivity contribution is 5.11. The van der Waals surface area contributed by atoms with Gasteiger partial charge in [0.05, 0.1) is 12.2 Å². The summed E-state index contributed by atoms with van der Waals surface area (Å²) < 4.78 is 5.73. The molecular formula is C11H20N2O. The van der Waals surface area contributed by atoms with E-state index in [4.69, 9.17) is 10.00 Å². The van der Waals surface area contributed by atoms with Gasteiger partial charge in [-0.05, 0) is 25.8 Å². The first-order valence-corrected chi connectivity index (χ1v) is 5.33. The van der Waals surface area contributed by atoms with Crippen molar-refractivity contribution in [1.29, 1.82) is 5.26 Å². The van der Waals surface area contributed by atoms with Gasteiger partial charge in [0.1, 0.15) is 5.54 Å². The van der Waals surface area contributed by atoms with E-state index in [1.807, 2.05) is 7.05 Å². The number of hydrogen-bond donors (Lipinski definition) is 1. The molecule has 0 aromatic heterocycles. The van der Waals surface area contributed by atoms with Crippen LogP contribution in [0.2, 0.25) is 0 Å². The maximum Gasteiger partial charge on any atom is 0.109 e. The second kappa shape index (κ2) is 4.77. The second-order valence-corrected chi connectivity index (χ2v) is 4.54. The molecular weight excluding hydrogens is 176 g/mol. The van der Waals surface area contributed by atoms with Crippen molar-refractivity contribution in [3.05, 3.63) is 0 Å². The molecule has 1 aliphatic rings. The van der Waals surface area contributed by atoms with E-state index in [1.165, 1.54) is 0 Å². The minimum absolute atomic E-state index is 0.268. The first-order valence-electron chi connectivity index (χ1n) is 5.33. The minimum atomic E-state index is -0.332. The predicted molar refractivity (Wildman–Crippen MR) is 55.8 cm³/mol. The lowest BCUT2D eigenvalue weighted by atomic mass is 10.0. The van der Waals surface area contributed by atoms with Crippen molar-refractivity contribution in [3.63, 3.8) is 0 Å². The zero-order chi connectivity index (χ0) is 10.6. The smallest absolute Gasteiger partial charge is 0.109 e. The lowest BCUT2D eigenvalue weighted by molar-refractivity contribution is 0.0376. The molecule has 3 heteroatoms. The Morgan fingerprint density at radius 2 is 2.36 bits per heavy atom. The van der Waals surface area contributed by atoms with Crippen molar-refractivity contribution in [2.45, 2.75) is 44.8 Å². The molecule has 0 radical (unpaired) electrons. The van der Waals surface area contributed by atoms with Gasteiger partial charge in [0.25, 0.3) is 0 Å². The van der Waals surface area contributed by atoms with Crippen molar-refractivity contribution < 1.29 is 4.74 Å². The zero-order valence-corrected chi connectivity index (χ0v) is 9.34. The summed E-state index contributed by atoms with van der Waals surface area (Å²) in [6.45, 7) is 5.09. The largest absolute Gasteiger partial charge is 0.378 e. The van der Waals surface area contributed by atoms with E-state index in [0.717, 1.165) is 25.9 Å². The fourth-order valence-electron chi connectivity index (χ4n) is 1.86. The van der Waals surface area contributed by atoms with Gasteiger partial charge in [-0.3, -0.25) is 0 Å². The van der Waals surface area contributed by atoms with Crippen molar-refractivity contribution in [3.8, 4) is 6.07 Å². The maximum absolute atomic E-state index is 9.04. The fourth-order valence-corrected chi connectivity index (χ4v) is 1.86. The van der Waals surface area contributed by atoms with E-state index < -0.39 is 0 Å². The summed E-state index contributed by atoms with van der Waals surface area (Å²) in [5.74, 6) is 0.571. The second-order valence-electron chi connectivity index (χ2n) is 4.54. The average molecular weight is 196 g/mol. The van der Waals surface area contributed by atoms with Gasteiger partial charge in [-0.15, -0.1) is 0 Å². The molecule has 0 aromatic rings. The molecule has 3 nitrogen and oxygen atoms in total. The van der Waals surface area contributed by atoms with Gasteiger partial charge in [0.2, 0.25) is 0 Å². The summed E-state index contributed by atoms with van der Waals surface area (Å²) in [5.41, 5.74) is -0.332. The topological polar surface area (TPSA) is 45.0 Å². The Hall–Kier alpha value is -0.590. The molecule has 1 aliphatic carbocycles. The Bertz CT molecular complexity index is 222. The van der Waals surface area contributed by atoms with Crippen LogP contribution in [-0.2, 0) is 4.74 Å². The van der Waals surface area contributed by atoms with Gasteiger partial charge in [0, 0.05) is 13.0 Å². The quantitative estimate of drug-likeness (QED) is 0.744. The van der Waals surface area contributed by atoms with Crippen molar-refractivity contribution in [2.75, 3.05) is 13.7 Å². The summed E-state index contributed by atoms with van der Waals surface area (Å²) >= 11 is 0. The van der Waals surface area contributed by atoms with Gasteiger partial charge in [0.15, 0.2) is 0 Å². The number of nitriles is 1. The highest BCUT2D eigenvalue weighted by Gasteiger charge is 2.38. The monoisotopic (exact) mass is 196 g/mol. The van der Waals surface area contributed by atoms with Gasteiger partial charge >= 0.3 is 0 Å². The average Bonchev–Trinajstić information content (AvgIpc) is 2.59. The molecule has 2 atom stereocenters. The van der Waals surface area contributed by atoms with Crippen LogP contribution in [0.4, 0.5) is 0 Å². The first kappa shape index (κ1) is 11.5. The Morgan fingerprint density at radius 3 is 2.79 bits per heavy atom. The molecule has 0 aliphatic heterocycles. The molecule has 0 bridgehead atoms. The van der Waals surface area contributed by atoms with Crippen molar-refractivity contribution >= 4 is 0 Å². The van der Waals surface area contributed by atoms with Crippen LogP contribution in [0.3, 0.4) is 0 Å². The van der Waals surface area contributed by atoms with E-state index in [-0.39, 0.29) is 11.6 Å². The number of nitrogens with zero attached hydrogens (tertiary/aromatic N) is 1. The number of ether oxygens (including phenoxy) is 1. The Kier molecular flexibility index (Phi) is 3.91. The summed E-state index contributed by atoms with van der Waals surface area (Å²) in [5, 5.41) is 12.1. The van der Waals surface area contributed by atoms with Gasteiger partial charge in [-0.2, -0.15) is 5.26 Å². The molecule has 0 aromatic carbocycles. The van der Waals surface area contributed by atoms with Gasteiger partial charge in [-0.1, -0.05) is 13.8 Å². The van der Waals surface area contributed by atoms with Gasteiger partial charge < -0.3 is 10.1 Å². The third-order valence-electron chi connectivity index (χ3n) is 2.83. The Labute approximate surface area is 86.4 Å². The SMILES string of the molecule is CNC1(C#N)CCC(OCC(C)C)C1. The van der Waals surface area contributed by atoms with E-state index in [1.54, 1.807) is 0 Å². The minimum Gasteiger partial charge on any atom is -0.378 e. The Balaban J connectivity index is 2.37. The van der Waals surface area contributed by atoms with Crippen LogP contribution >= 0.6 is 0 Å². The van der Waals surface area contributed by atoms with Crippen molar-refractivity contribution in [1.82, 2.24) is 5.32 Å². The van der Waals surface area contributed by atoms with Crippen LogP contribution in [0.15, 0.2) is 0 Å². The third-order valence-corrected chi connectivity index (χ3v) is 2.83. The standard InChI is InChI=1S/C11H20N2O/c1-9(2)7-14-10-4-5-11(6-10,8-12)13-3/h9-10,13H,4-7H2,1-3H3. The maximum atomic E-state index is 9.04. The summed E-state index contributed by atoms with van der Waals surface area (Å²) in [6, 6.07) is 2.35. The van der Waals surface area contributed by atoms with Crippen LogP contribution in [0, 0.1) is 17.2 Å². The van der Waals surface area contributed by atoms with Crippen LogP contribution < -0.4 is 5.32 Å². The lowest BCUT2D eigenvalue weighted by Gasteiger charge is -2.20. The van der Waals surface area contributed by atoms with Crippen LogP contribution in [-0.4, -0.2) is 25.3 Å². The Morgan fingerprint density at radius 1 is 1.64 bits per heavy atom. The molecule has 1 N–H and O–H groups in total. The van der Waals surface area contributed by atoms with Crippen LogP contribution in [0.25, 0.3) is 0 Å². The number of rotatable bonds is 4. The highest BCUT2D eigenvalue weighted by Crippen LogP contribution is 2.31. The molecule has 2 unspecified atom stereocenters. The third kappa shape index (κ3) is 2.70. The normalized spacial score (nSPS) is 32.1. The van der Waals surface area contributed by atoms with E-state index in [0.29, 0.717) is 5.92 Å². The fraction of sp³-hybridized carbons (Fsp3) is 0.909. The molecule has 1 saturated carbocycles. The van der Waals surface area contributed by atoms with E-state index in [2.05, 4.69) is 25.2 Å². The van der Waals surface area contributed by atoms with Gasteiger partial charge in [-0.25, -0.2) is 0 Å². The van der Waals surface area contributed by atoms with E-state index in [9.17, 15) is 0 Å². The predicted octanol–water partition coefficient (Wildman–Crippen LogP) is 1.69. The molecule has 1 rings (SSSR count).